The summed E-state index contributed by atoms with van der Waals surface area (Å²) < 4.78 is 37.5. The third-order valence-corrected chi connectivity index (χ3v) is 6.74. The zero-order chi connectivity index (χ0) is 20.5. The van der Waals surface area contributed by atoms with Crippen molar-refractivity contribution in [2.45, 2.75) is 17.7 Å². The number of fused-ring (bicyclic) bond motifs is 1. The summed E-state index contributed by atoms with van der Waals surface area (Å²) in [7, 11) is -1.10. The number of carbonyl (C=O) groups excluding carboxylic acids is 1. The fraction of sp³-hybridized carbons (Fsp3) is 0.211. The van der Waals surface area contributed by atoms with Crippen LogP contribution in [0.2, 0.25) is 10.0 Å². The molecular formula is C19H17Cl2NO5S. The molecule has 0 fully saturated rings. The number of halogens is 2. The van der Waals surface area contributed by atoms with E-state index < -0.39 is 10.0 Å². The number of aromatic nitrogens is 1. The van der Waals surface area contributed by atoms with Crippen molar-refractivity contribution in [3.63, 3.8) is 0 Å². The quantitative estimate of drug-likeness (QED) is 0.533. The molecule has 0 N–H and O–H groups in total. The average molecular weight is 442 g/mol. The number of methoxy groups -OCH3 is 2. The van der Waals surface area contributed by atoms with Crippen molar-refractivity contribution in [3.8, 4) is 5.75 Å². The second kappa shape index (κ2) is 8.03. The van der Waals surface area contributed by atoms with Gasteiger partial charge in [-0.1, -0.05) is 23.2 Å². The summed E-state index contributed by atoms with van der Waals surface area (Å²) >= 11 is 11.9. The molecule has 28 heavy (non-hydrogen) atoms. The van der Waals surface area contributed by atoms with Gasteiger partial charge in [0.25, 0.3) is 10.0 Å². The predicted octanol–water partition coefficient (Wildman–Crippen LogP) is 4.30. The number of ether oxygens (including phenoxy) is 2. The molecule has 1 heterocycles. The molecule has 0 aliphatic heterocycles. The topological polar surface area (TPSA) is 74.6 Å². The van der Waals surface area contributed by atoms with Crippen LogP contribution in [0.3, 0.4) is 0 Å². The summed E-state index contributed by atoms with van der Waals surface area (Å²) in [5.41, 5.74) is 1.15. The third-order valence-electron chi connectivity index (χ3n) is 4.33. The predicted molar refractivity (Wildman–Crippen MR) is 108 cm³/mol. The van der Waals surface area contributed by atoms with Gasteiger partial charge in [-0.25, -0.2) is 12.4 Å². The number of hydrogen-bond donors (Lipinski definition) is 0. The van der Waals surface area contributed by atoms with Gasteiger partial charge < -0.3 is 9.47 Å². The summed E-state index contributed by atoms with van der Waals surface area (Å²) in [5.74, 6) is 0.202. The van der Waals surface area contributed by atoms with Crippen molar-refractivity contribution in [1.29, 1.82) is 0 Å². The molecule has 3 rings (SSSR count). The van der Waals surface area contributed by atoms with E-state index in [0.29, 0.717) is 28.6 Å². The molecular weight excluding hydrogens is 425 g/mol. The molecule has 0 aliphatic carbocycles. The molecule has 2 aromatic carbocycles. The van der Waals surface area contributed by atoms with Gasteiger partial charge in [0.2, 0.25) is 0 Å². The van der Waals surface area contributed by atoms with Gasteiger partial charge in [0.05, 0.1) is 34.7 Å². The van der Waals surface area contributed by atoms with Crippen LogP contribution in [0.5, 0.6) is 5.75 Å². The van der Waals surface area contributed by atoms with Gasteiger partial charge in [-0.3, -0.25) is 4.79 Å². The zero-order valence-corrected chi connectivity index (χ0v) is 17.4. The Balaban J connectivity index is 2.16. The van der Waals surface area contributed by atoms with Crippen molar-refractivity contribution >= 4 is 50.1 Å². The van der Waals surface area contributed by atoms with Crippen molar-refractivity contribution in [1.82, 2.24) is 3.97 Å². The minimum Gasteiger partial charge on any atom is -0.497 e. The number of hydrogen-bond acceptors (Lipinski definition) is 5. The molecule has 3 aromatic rings. The van der Waals surface area contributed by atoms with Crippen LogP contribution in [0, 0.1) is 0 Å². The maximum absolute atomic E-state index is 13.2. The lowest BCUT2D eigenvalue weighted by molar-refractivity contribution is -0.140. The van der Waals surface area contributed by atoms with E-state index in [-0.39, 0.29) is 27.3 Å². The van der Waals surface area contributed by atoms with E-state index in [1.165, 1.54) is 42.6 Å². The van der Waals surface area contributed by atoms with Crippen LogP contribution in [-0.2, 0) is 26.0 Å². The average Bonchev–Trinajstić information content (AvgIpc) is 3.06. The number of carbonyl (C=O) groups is 1. The standard InChI is InChI=1S/C19H17Cl2NO5S/c1-26-13-4-7-18-15(9-13)12(3-8-19(23)27-2)11-22(18)28(24,25)14-5-6-16(20)17(21)10-14/h4-7,9-11H,3,8H2,1-2H3. The highest BCUT2D eigenvalue weighted by Gasteiger charge is 2.23. The highest BCUT2D eigenvalue weighted by Crippen LogP contribution is 2.32. The van der Waals surface area contributed by atoms with Gasteiger partial charge in [0, 0.05) is 18.0 Å². The van der Waals surface area contributed by atoms with E-state index in [2.05, 4.69) is 4.74 Å². The van der Waals surface area contributed by atoms with Crippen LogP contribution in [0.15, 0.2) is 47.5 Å². The molecule has 0 amide bonds. The molecule has 9 heteroatoms. The van der Waals surface area contributed by atoms with Crippen LogP contribution in [-0.4, -0.2) is 32.6 Å². The van der Waals surface area contributed by atoms with E-state index in [0.717, 1.165) is 0 Å². The Morgan fingerprint density at radius 2 is 1.82 bits per heavy atom. The summed E-state index contributed by atoms with van der Waals surface area (Å²) in [6.45, 7) is 0. The van der Waals surface area contributed by atoms with E-state index in [1.807, 2.05) is 0 Å². The summed E-state index contributed by atoms with van der Waals surface area (Å²) in [4.78, 5) is 11.5. The molecule has 0 atom stereocenters. The van der Waals surface area contributed by atoms with Crippen LogP contribution >= 0.6 is 23.2 Å². The first-order valence-corrected chi connectivity index (χ1v) is 10.4. The number of rotatable bonds is 6. The Kier molecular flexibility index (Phi) is 5.88. The number of nitrogens with zero attached hydrogens (tertiary/aromatic N) is 1. The van der Waals surface area contributed by atoms with Crippen LogP contribution in [0.25, 0.3) is 10.9 Å². The first kappa shape index (κ1) is 20.5. The van der Waals surface area contributed by atoms with Gasteiger partial charge in [-0.2, -0.15) is 0 Å². The molecule has 0 radical (unpaired) electrons. The van der Waals surface area contributed by atoms with Gasteiger partial charge in [0.1, 0.15) is 5.75 Å². The van der Waals surface area contributed by atoms with Crippen molar-refractivity contribution in [3.05, 3.63) is 58.2 Å². The van der Waals surface area contributed by atoms with Crippen LogP contribution in [0.4, 0.5) is 0 Å². The molecule has 6 nitrogen and oxygen atoms in total. The fourth-order valence-electron chi connectivity index (χ4n) is 2.86. The highest BCUT2D eigenvalue weighted by atomic mass is 35.5. The van der Waals surface area contributed by atoms with Crippen LogP contribution < -0.4 is 4.74 Å². The molecule has 0 saturated carbocycles. The minimum atomic E-state index is -3.93. The molecule has 1 aromatic heterocycles. The van der Waals surface area contributed by atoms with Crippen LogP contribution in [0.1, 0.15) is 12.0 Å². The molecule has 0 bridgehead atoms. The first-order valence-electron chi connectivity index (χ1n) is 8.23. The SMILES string of the molecule is COC(=O)CCc1cn(S(=O)(=O)c2ccc(Cl)c(Cl)c2)c2ccc(OC)cc12. The lowest BCUT2D eigenvalue weighted by Gasteiger charge is -2.09. The minimum absolute atomic E-state index is 0.00846. The van der Waals surface area contributed by atoms with E-state index >= 15 is 0 Å². The maximum Gasteiger partial charge on any atom is 0.305 e. The molecule has 148 valence electrons. The second-order valence-corrected chi connectivity index (χ2v) is 8.62. The van der Waals surface area contributed by atoms with Crippen molar-refractivity contribution in [2.24, 2.45) is 0 Å². The van der Waals surface area contributed by atoms with E-state index in [1.54, 1.807) is 18.2 Å². The summed E-state index contributed by atoms with van der Waals surface area (Å²) in [5, 5.41) is 1.08. The number of aryl methyl sites for hydroxylation is 1. The van der Waals surface area contributed by atoms with Gasteiger partial charge >= 0.3 is 5.97 Å². The summed E-state index contributed by atoms with van der Waals surface area (Å²) in [6, 6.07) is 9.21. The second-order valence-electron chi connectivity index (χ2n) is 5.99. The third kappa shape index (κ3) is 3.83. The Bertz CT molecular complexity index is 1150. The van der Waals surface area contributed by atoms with Gasteiger partial charge in [0.15, 0.2) is 0 Å². The van der Waals surface area contributed by atoms with Crippen molar-refractivity contribution < 1.29 is 22.7 Å². The fourth-order valence-corrected chi connectivity index (χ4v) is 4.64. The lowest BCUT2D eigenvalue weighted by Crippen LogP contribution is -2.12. The van der Waals surface area contributed by atoms with E-state index in [9.17, 15) is 13.2 Å². The smallest absolute Gasteiger partial charge is 0.305 e. The Morgan fingerprint density at radius 3 is 2.46 bits per heavy atom. The first-order chi connectivity index (χ1) is 13.3. The Labute approximate surface area is 172 Å². The van der Waals surface area contributed by atoms with Gasteiger partial charge in [-0.05, 0) is 48.4 Å². The number of esters is 1. The largest absolute Gasteiger partial charge is 0.497 e. The lowest BCUT2D eigenvalue weighted by atomic mass is 10.1. The van der Waals surface area contributed by atoms with Crippen molar-refractivity contribution in [2.75, 3.05) is 14.2 Å². The molecule has 0 unspecified atom stereocenters. The van der Waals surface area contributed by atoms with Gasteiger partial charge in [-0.15, -0.1) is 0 Å². The molecule has 0 aliphatic rings. The highest BCUT2D eigenvalue weighted by molar-refractivity contribution is 7.90. The monoisotopic (exact) mass is 441 g/mol. The number of benzene rings is 2. The normalized spacial score (nSPS) is 11.6. The zero-order valence-electron chi connectivity index (χ0n) is 15.1. The Hall–Kier alpha value is -2.22. The van der Waals surface area contributed by atoms with E-state index in [4.69, 9.17) is 27.9 Å². The summed E-state index contributed by atoms with van der Waals surface area (Å²) in [6.07, 6.45) is 1.95. The molecule has 0 saturated heterocycles. The maximum atomic E-state index is 13.2. The Morgan fingerprint density at radius 1 is 1.07 bits per heavy atom. The molecule has 0 spiro atoms.